The lowest BCUT2D eigenvalue weighted by Crippen LogP contribution is -2.29. The van der Waals surface area contributed by atoms with Crippen LogP contribution < -0.4 is 11.5 Å². The van der Waals surface area contributed by atoms with E-state index >= 15 is 0 Å². The number of carbonyl (C=O) groups is 1. The average Bonchev–Trinajstić information content (AvgIpc) is 1.84. The highest BCUT2D eigenvalue weighted by Gasteiger charge is 2.09. The molecule has 10 heavy (non-hydrogen) atoms. The van der Waals surface area contributed by atoms with E-state index in [1.165, 1.54) is 0 Å². The van der Waals surface area contributed by atoms with Crippen LogP contribution in [0.3, 0.4) is 0 Å². The Bertz CT molecular complexity index is 158. The molecule has 0 rings (SSSR count). The largest absolute Gasteiger partial charge is 0.480 e. The third-order valence-electron chi connectivity index (χ3n) is 1.15. The molecular weight excluding hydrogens is 132 g/mol. The van der Waals surface area contributed by atoms with Gasteiger partial charge in [-0.3, -0.25) is 4.79 Å². The minimum Gasteiger partial charge on any atom is -0.480 e. The Kier molecular flexibility index (Phi) is 3.18. The average molecular weight is 148 g/mol. The standard InChI is InChI=1S/C6H14N2O2/c7-4-2-1-3-5(8)6(9)10/h5H,1-4,7-8H2,(H,9,10)/i4D2. The number of aliphatic carboxylic acids is 1. The van der Waals surface area contributed by atoms with Crippen molar-refractivity contribution in [2.24, 2.45) is 11.5 Å². The molecule has 0 amide bonds. The van der Waals surface area contributed by atoms with Gasteiger partial charge in [0.2, 0.25) is 0 Å². The number of carboxylic acid groups (broad SMARTS) is 1. The lowest BCUT2D eigenvalue weighted by Gasteiger charge is -2.03. The Morgan fingerprint density at radius 1 is 1.70 bits per heavy atom. The molecule has 0 aliphatic carbocycles. The van der Waals surface area contributed by atoms with Gasteiger partial charge in [-0.2, -0.15) is 0 Å². The van der Waals surface area contributed by atoms with Crippen LogP contribution >= 0.6 is 0 Å². The topological polar surface area (TPSA) is 89.3 Å². The Hall–Kier alpha value is -0.610. The summed E-state index contributed by atoms with van der Waals surface area (Å²) in [7, 11) is 0. The van der Waals surface area contributed by atoms with Crippen LogP contribution in [-0.2, 0) is 4.79 Å². The third kappa shape index (κ3) is 4.29. The van der Waals surface area contributed by atoms with Crippen LogP contribution in [0.25, 0.3) is 0 Å². The first-order valence-corrected chi connectivity index (χ1v) is 3.10. The maximum Gasteiger partial charge on any atom is 0.320 e. The second-order valence-corrected chi connectivity index (χ2v) is 2.04. The van der Waals surface area contributed by atoms with Crippen LogP contribution in [0.15, 0.2) is 0 Å². The van der Waals surface area contributed by atoms with Crippen molar-refractivity contribution < 1.29 is 12.6 Å². The predicted octanol–water partition coefficient (Wildman–Crippen LogP) is -0.473. The van der Waals surface area contributed by atoms with Crippen molar-refractivity contribution in [1.29, 1.82) is 0 Å². The van der Waals surface area contributed by atoms with E-state index < -0.39 is 18.5 Å². The van der Waals surface area contributed by atoms with E-state index in [2.05, 4.69) is 0 Å². The lowest BCUT2D eigenvalue weighted by atomic mass is 10.1. The Balaban J connectivity index is 3.51. The molecule has 60 valence electrons. The van der Waals surface area contributed by atoms with Gasteiger partial charge in [0.05, 0.1) is 0 Å². The Morgan fingerprint density at radius 2 is 2.30 bits per heavy atom. The van der Waals surface area contributed by atoms with Crippen molar-refractivity contribution in [3.8, 4) is 0 Å². The highest BCUT2D eigenvalue weighted by Crippen LogP contribution is 1.96. The molecule has 0 aliphatic heterocycles. The maximum atomic E-state index is 10.2. The molecule has 1 atom stereocenters. The van der Waals surface area contributed by atoms with Crippen LogP contribution in [0.1, 0.15) is 22.0 Å². The van der Waals surface area contributed by atoms with Crippen molar-refractivity contribution in [2.45, 2.75) is 25.3 Å². The molecule has 0 bridgehead atoms. The molecule has 4 heteroatoms. The zero-order valence-electron chi connectivity index (χ0n) is 7.71. The highest BCUT2D eigenvalue weighted by atomic mass is 16.4. The SMILES string of the molecule is [2H]C([2H])(N)CCCC(N)C(=O)O. The van der Waals surface area contributed by atoms with E-state index in [1.54, 1.807) is 0 Å². The first kappa shape index (κ1) is 6.12. The van der Waals surface area contributed by atoms with Crippen LogP contribution in [0.2, 0.25) is 0 Å². The minimum atomic E-state index is -1.72. The normalized spacial score (nSPS) is 17.4. The summed E-state index contributed by atoms with van der Waals surface area (Å²) in [6.07, 6.45) is 0.775. The zero-order chi connectivity index (χ0) is 9.78. The van der Waals surface area contributed by atoms with Gasteiger partial charge in [-0.15, -0.1) is 0 Å². The molecule has 0 aliphatic rings. The van der Waals surface area contributed by atoms with E-state index in [0.29, 0.717) is 6.42 Å². The number of carboxylic acids is 1. The van der Waals surface area contributed by atoms with E-state index in [1.807, 2.05) is 0 Å². The number of rotatable bonds is 5. The molecule has 0 saturated heterocycles. The molecular formula is C6H14N2O2. The van der Waals surface area contributed by atoms with Gasteiger partial charge in [0.25, 0.3) is 0 Å². The van der Waals surface area contributed by atoms with Gasteiger partial charge in [-0.05, 0) is 19.3 Å². The van der Waals surface area contributed by atoms with Crippen molar-refractivity contribution in [1.82, 2.24) is 0 Å². The minimum absolute atomic E-state index is 0.133. The van der Waals surface area contributed by atoms with Crippen LogP contribution in [-0.4, -0.2) is 23.6 Å². The van der Waals surface area contributed by atoms with E-state index in [4.69, 9.17) is 19.3 Å². The summed E-state index contributed by atoms with van der Waals surface area (Å²) in [5, 5.41) is 8.36. The summed E-state index contributed by atoms with van der Waals surface area (Å²) in [4.78, 5) is 10.2. The van der Waals surface area contributed by atoms with Crippen molar-refractivity contribution in [3.05, 3.63) is 0 Å². The molecule has 0 radical (unpaired) electrons. The van der Waals surface area contributed by atoms with Gasteiger partial charge in [0.15, 0.2) is 0 Å². The molecule has 0 heterocycles. The second kappa shape index (κ2) is 5.20. The molecule has 0 fully saturated rings. The fourth-order valence-corrected chi connectivity index (χ4v) is 0.548. The fraction of sp³-hybridized carbons (Fsp3) is 0.833. The predicted molar refractivity (Wildman–Crippen MR) is 38.5 cm³/mol. The summed E-state index contributed by atoms with van der Waals surface area (Å²) in [5.74, 6) is -1.06. The van der Waals surface area contributed by atoms with Gasteiger partial charge in [0.1, 0.15) is 6.04 Å². The number of nitrogens with two attached hydrogens (primary N) is 2. The van der Waals surface area contributed by atoms with Crippen LogP contribution in [0.5, 0.6) is 0 Å². The summed E-state index contributed by atoms with van der Waals surface area (Å²) >= 11 is 0. The summed E-state index contributed by atoms with van der Waals surface area (Å²) in [5.41, 5.74) is 10.2. The van der Waals surface area contributed by atoms with Crippen molar-refractivity contribution in [2.75, 3.05) is 6.50 Å². The van der Waals surface area contributed by atoms with E-state index in [9.17, 15) is 4.79 Å². The quantitative estimate of drug-likeness (QED) is 0.491. The smallest absolute Gasteiger partial charge is 0.320 e. The monoisotopic (exact) mass is 148 g/mol. The molecule has 0 saturated carbocycles. The number of hydrogen-bond donors (Lipinski definition) is 3. The van der Waals surface area contributed by atoms with Crippen molar-refractivity contribution >= 4 is 5.97 Å². The maximum absolute atomic E-state index is 10.2. The molecule has 4 nitrogen and oxygen atoms in total. The molecule has 0 aromatic carbocycles. The summed E-state index contributed by atoms with van der Waals surface area (Å²) in [6, 6.07) is -0.910. The highest BCUT2D eigenvalue weighted by molar-refractivity contribution is 5.72. The van der Waals surface area contributed by atoms with Gasteiger partial charge in [0, 0.05) is 2.74 Å². The fourth-order valence-electron chi connectivity index (χ4n) is 0.548. The summed E-state index contributed by atoms with van der Waals surface area (Å²) < 4.78 is 13.9. The van der Waals surface area contributed by atoms with Crippen LogP contribution in [0, 0.1) is 0 Å². The first-order chi connectivity index (χ1) is 5.33. The molecule has 0 aromatic heterocycles. The molecule has 5 N–H and O–H groups in total. The number of hydrogen-bond acceptors (Lipinski definition) is 3. The third-order valence-corrected chi connectivity index (χ3v) is 1.15. The molecule has 0 spiro atoms. The van der Waals surface area contributed by atoms with E-state index in [-0.39, 0.29) is 12.8 Å². The zero-order valence-corrected chi connectivity index (χ0v) is 5.71. The van der Waals surface area contributed by atoms with Gasteiger partial charge in [-0.25, -0.2) is 0 Å². The Labute approximate surface area is 63.0 Å². The second-order valence-electron chi connectivity index (χ2n) is 2.04. The molecule has 0 aromatic rings. The van der Waals surface area contributed by atoms with Gasteiger partial charge in [-0.1, -0.05) is 6.42 Å². The van der Waals surface area contributed by atoms with E-state index in [0.717, 1.165) is 0 Å². The Morgan fingerprint density at radius 3 is 2.70 bits per heavy atom. The van der Waals surface area contributed by atoms with Gasteiger partial charge >= 0.3 is 5.97 Å². The lowest BCUT2D eigenvalue weighted by molar-refractivity contribution is -0.138. The van der Waals surface area contributed by atoms with Crippen LogP contribution in [0.4, 0.5) is 0 Å². The first-order valence-electron chi connectivity index (χ1n) is 4.10. The van der Waals surface area contributed by atoms with Crippen molar-refractivity contribution in [3.63, 3.8) is 0 Å². The summed E-state index contributed by atoms with van der Waals surface area (Å²) in [6.45, 7) is -1.72. The molecule has 1 unspecified atom stereocenters. The van der Waals surface area contributed by atoms with Gasteiger partial charge < -0.3 is 16.6 Å².